The summed E-state index contributed by atoms with van der Waals surface area (Å²) in [4.78, 5) is 16.0. The Morgan fingerprint density at radius 1 is 0.862 bits per heavy atom. The second kappa shape index (κ2) is 9.76. The van der Waals surface area contributed by atoms with Crippen LogP contribution >= 0.6 is 11.8 Å². The van der Waals surface area contributed by atoms with Gasteiger partial charge in [0.1, 0.15) is 0 Å². The van der Waals surface area contributed by atoms with Gasteiger partial charge in [0.25, 0.3) is 0 Å². The Morgan fingerprint density at radius 2 is 1.38 bits per heavy atom. The maximum atomic E-state index is 13.2. The minimum atomic E-state index is -3.46. The first kappa shape index (κ1) is 21.1. The van der Waals surface area contributed by atoms with E-state index in [0.717, 1.165) is 10.6 Å². The van der Waals surface area contributed by atoms with E-state index in [9.17, 15) is 13.2 Å². The van der Waals surface area contributed by atoms with E-state index >= 15 is 0 Å². The highest BCUT2D eigenvalue weighted by molar-refractivity contribution is 8.00. The molecule has 3 aromatic carbocycles. The lowest BCUT2D eigenvalue weighted by Crippen LogP contribution is -2.35. The Bertz CT molecular complexity index is 1020. The SMILES string of the molecule is CN(C(=O)C(CCS(=O)(=O)c1ccccc1)Sc1ccccc1)c1ccccc1. The largest absolute Gasteiger partial charge is 0.315 e. The molecule has 0 aliphatic carbocycles. The van der Waals surface area contributed by atoms with Gasteiger partial charge in [-0.1, -0.05) is 54.6 Å². The monoisotopic (exact) mass is 425 g/mol. The molecule has 0 saturated heterocycles. The second-order valence-corrected chi connectivity index (χ2v) is 9.96. The summed E-state index contributed by atoms with van der Waals surface area (Å²) in [5.74, 6) is -0.205. The molecule has 4 nitrogen and oxygen atoms in total. The highest BCUT2D eigenvalue weighted by Gasteiger charge is 2.27. The zero-order valence-corrected chi connectivity index (χ0v) is 17.8. The van der Waals surface area contributed by atoms with Gasteiger partial charge in [-0.15, -0.1) is 11.8 Å². The normalized spacial score (nSPS) is 12.3. The van der Waals surface area contributed by atoms with Crippen LogP contribution in [0.25, 0.3) is 0 Å². The van der Waals surface area contributed by atoms with E-state index in [-0.39, 0.29) is 23.0 Å². The Hall–Kier alpha value is -2.57. The van der Waals surface area contributed by atoms with Gasteiger partial charge in [0, 0.05) is 17.6 Å². The number of carbonyl (C=O) groups excluding carboxylic acids is 1. The molecule has 150 valence electrons. The van der Waals surface area contributed by atoms with Crippen molar-refractivity contribution in [2.75, 3.05) is 17.7 Å². The van der Waals surface area contributed by atoms with E-state index in [4.69, 9.17) is 0 Å². The van der Waals surface area contributed by atoms with Gasteiger partial charge < -0.3 is 4.90 Å². The molecule has 0 fully saturated rings. The first-order chi connectivity index (χ1) is 14.0. The summed E-state index contributed by atoms with van der Waals surface area (Å²) < 4.78 is 25.4. The van der Waals surface area contributed by atoms with Crippen LogP contribution in [0, 0.1) is 0 Å². The molecular weight excluding hydrogens is 402 g/mol. The summed E-state index contributed by atoms with van der Waals surface area (Å²) in [7, 11) is -1.73. The molecule has 0 aromatic heterocycles. The van der Waals surface area contributed by atoms with Crippen molar-refractivity contribution < 1.29 is 13.2 Å². The molecule has 0 radical (unpaired) electrons. The van der Waals surface area contributed by atoms with E-state index in [0.29, 0.717) is 0 Å². The predicted octanol–water partition coefficient (Wildman–Crippen LogP) is 4.67. The first-order valence-corrected chi connectivity index (χ1v) is 11.8. The van der Waals surface area contributed by atoms with E-state index in [2.05, 4.69) is 0 Å². The fourth-order valence-electron chi connectivity index (χ4n) is 2.90. The van der Waals surface area contributed by atoms with E-state index in [1.165, 1.54) is 11.8 Å². The summed E-state index contributed by atoms with van der Waals surface area (Å²) >= 11 is 1.40. The molecule has 0 spiro atoms. The van der Waals surface area contributed by atoms with Crippen LogP contribution < -0.4 is 4.90 Å². The molecule has 1 unspecified atom stereocenters. The van der Waals surface area contributed by atoms with Gasteiger partial charge in [-0.05, 0) is 42.8 Å². The fraction of sp³-hybridized carbons (Fsp3) is 0.174. The van der Waals surface area contributed by atoms with Crippen molar-refractivity contribution in [2.24, 2.45) is 0 Å². The van der Waals surface area contributed by atoms with Crippen molar-refractivity contribution in [3.8, 4) is 0 Å². The average Bonchev–Trinajstić information content (AvgIpc) is 2.77. The number of amides is 1. The Labute approximate surface area is 176 Å². The van der Waals surface area contributed by atoms with Crippen molar-refractivity contribution in [3.63, 3.8) is 0 Å². The van der Waals surface area contributed by atoms with Gasteiger partial charge in [-0.25, -0.2) is 8.42 Å². The van der Waals surface area contributed by atoms with Crippen LogP contribution in [0.1, 0.15) is 6.42 Å². The van der Waals surface area contributed by atoms with Gasteiger partial charge in [-0.2, -0.15) is 0 Å². The number of benzene rings is 3. The third-order valence-corrected chi connectivity index (χ3v) is 7.55. The maximum absolute atomic E-state index is 13.2. The van der Waals surface area contributed by atoms with Gasteiger partial charge in [0.05, 0.1) is 15.9 Å². The average molecular weight is 426 g/mol. The van der Waals surface area contributed by atoms with E-state index in [1.807, 2.05) is 60.7 Å². The molecule has 1 atom stereocenters. The van der Waals surface area contributed by atoms with Crippen molar-refractivity contribution >= 4 is 33.2 Å². The quantitative estimate of drug-likeness (QED) is 0.492. The van der Waals surface area contributed by atoms with Gasteiger partial charge in [0.2, 0.25) is 5.91 Å². The van der Waals surface area contributed by atoms with Gasteiger partial charge >= 0.3 is 0 Å². The first-order valence-electron chi connectivity index (χ1n) is 9.29. The Kier molecular flexibility index (Phi) is 7.12. The molecule has 0 saturated carbocycles. The topological polar surface area (TPSA) is 54.5 Å². The maximum Gasteiger partial charge on any atom is 0.240 e. The lowest BCUT2D eigenvalue weighted by Gasteiger charge is -2.24. The van der Waals surface area contributed by atoms with Crippen molar-refractivity contribution in [1.29, 1.82) is 0 Å². The summed E-state index contributed by atoms with van der Waals surface area (Å²) in [5.41, 5.74) is 0.780. The highest BCUT2D eigenvalue weighted by atomic mass is 32.2. The van der Waals surface area contributed by atoms with E-state index in [1.54, 1.807) is 42.3 Å². The number of hydrogen-bond acceptors (Lipinski definition) is 4. The number of rotatable bonds is 8. The summed E-state index contributed by atoms with van der Waals surface area (Å²) in [5, 5.41) is -0.513. The van der Waals surface area contributed by atoms with E-state index < -0.39 is 15.1 Å². The third kappa shape index (κ3) is 5.71. The minimum absolute atomic E-state index is 0.0874. The zero-order chi connectivity index (χ0) is 20.7. The van der Waals surface area contributed by atoms with Crippen molar-refractivity contribution in [3.05, 3.63) is 91.0 Å². The number of anilines is 1. The highest BCUT2D eigenvalue weighted by Crippen LogP contribution is 2.29. The second-order valence-electron chi connectivity index (χ2n) is 6.57. The molecule has 3 aromatic rings. The molecule has 0 heterocycles. The third-order valence-electron chi connectivity index (χ3n) is 4.52. The number of hydrogen-bond donors (Lipinski definition) is 0. The Morgan fingerprint density at radius 3 is 1.97 bits per heavy atom. The van der Waals surface area contributed by atoms with Crippen LogP contribution in [0.4, 0.5) is 5.69 Å². The molecule has 0 bridgehead atoms. The molecular formula is C23H23NO3S2. The molecule has 3 rings (SSSR count). The standard InChI is InChI=1S/C23H23NO3S2/c1-24(19-11-5-2-6-12-19)23(25)22(28-20-13-7-3-8-14-20)17-18-29(26,27)21-15-9-4-10-16-21/h2-16,22H,17-18H2,1H3. The number of carbonyl (C=O) groups is 1. The van der Waals surface area contributed by atoms with Crippen LogP contribution in [-0.4, -0.2) is 32.4 Å². The van der Waals surface area contributed by atoms with Crippen LogP contribution in [0.3, 0.4) is 0 Å². The van der Waals surface area contributed by atoms with Crippen LogP contribution in [0.5, 0.6) is 0 Å². The molecule has 6 heteroatoms. The number of sulfone groups is 1. The number of nitrogens with zero attached hydrogens (tertiary/aromatic N) is 1. The lowest BCUT2D eigenvalue weighted by molar-refractivity contribution is -0.117. The van der Waals surface area contributed by atoms with Crippen LogP contribution in [0.15, 0.2) is 101 Å². The smallest absolute Gasteiger partial charge is 0.240 e. The van der Waals surface area contributed by atoms with Crippen molar-refractivity contribution in [2.45, 2.75) is 21.5 Å². The predicted molar refractivity (Wildman–Crippen MR) is 119 cm³/mol. The lowest BCUT2D eigenvalue weighted by atomic mass is 10.2. The fourth-order valence-corrected chi connectivity index (χ4v) is 5.54. The summed E-state index contributed by atoms with van der Waals surface area (Å²) in [6.45, 7) is 0. The molecule has 1 amide bonds. The van der Waals surface area contributed by atoms with Crippen molar-refractivity contribution in [1.82, 2.24) is 0 Å². The summed E-state index contributed by atoms with van der Waals surface area (Å²) in [6.07, 6.45) is 0.229. The summed E-state index contributed by atoms with van der Waals surface area (Å²) in [6, 6.07) is 27.3. The zero-order valence-electron chi connectivity index (χ0n) is 16.1. The van der Waals surface area contributed by atoms with Gasteiger partial charge in [-0.3, -0.25) is 4.79 Å². The molecule has 0 N–H and O–H groups in total. The van der Waals surface area contributed by atoms with Crippen LogP contribution in [-0.2, 0) is 14.6 Å². The number of para-hydroxylation sites is 1. The molecule has 29 heavy (non-hydrogen) atoms. The molecule has 0 aliphatic rings. The number of thioether (sulfide) groups is 1. The van der Waals surface area contributed by atoms with Crippen LogP contribution in [0.2, 0.25) is 0 Å². The minimum Gasteiger partial charge on any atom is -0.315 e. The Balaban J connectivity index is 1.80. The van der Waals surface area contributed by atoms with Gasteiger partial charge in [0.15, 0.2) is 9.84 Å². The molecule has 0 aliphatic heterocycles.